The van der Waals surface area contributed by atoms with Gasteiger partial charge in [-0.25, -0.2) is 9.78 Å². The molecule has 1 amide bonds. The zero-order valence-corrected chi connectivity index (χ0v) is 14.1. The molecule has 7 heteroatoms. The topological polar surface area (TPSA) is 77.5 Å². The van der Waals surface area contributed by atoms with Crippen molar-refractivity contribution in [2.24, 2.45) is 0 Å². The van der Waals surface area contributed by atoms with Gasteiger partial charge in [-0.2, -0.15) is 0 Å². The molecule has 2 heterocycles. The van der Waals surface area contributed by atoms with Gasteiger partial charge in [0.1, 0.15) is 6.10 Å². The van der Waals surface area contributed by atoms with E-state index >= 15 is 0 Å². The molecule has 3 rings (SSSR count). The number of ether oxygens (including phenoxy) is 2. The van der Waals surface area contributed by atoms with Gasteiger partial charge in [0.2, 0.25) is 0 Å². The molecule has 24 heavy (non-hydrogen) atoms. The number of methoxy groups -OCH3 is 1. The molecule has 1 aromatic carbocycles. The highest BCUT2D eigenvalue weighted by atomic mass is 32.1. The number of rotatable bonds is 5. The first-order valence-corrected chi connectivity index (χ1v) is 8.52. The van der Waals surface area contributed by atoms with E-state index < -0.39 is 0 Å². The molecule has 0 aliphatic carbocycles. The summed E-state index contributed by atoms with van der Waals surface area (Å²) in [6.45, 7) is 0.637. The summed E-state index contributed by atoms with van der Waals surface area (Å²) >= 11 is 1.42. The summed E-state index contributed by atoms with van der Waals surface area (Å²) in [7, 11) is 1.36. The Bertz CT molecular complexity index is 738. The average Bonchev–Trinajstić information content (AvgIpc) is 3.26. The van der Waals surface area contributed by atoms with Crippen LogP contribution >= 0.6 is 11.3 Å². The summed E-state index contributed by atoms with van der Waals surface area (Å²) in [4.78, 5) is 28.8. The van der Waals surface area contributed by atoms with Crippen molar-refractivity contribution in [3.05, 3.63) is 46.5 Å². The molecule has 0 radical (unpaired) electrons. The van der Waals surface area contributed by atoms with E-state index in [0.29, 0.717) is 23.7 Å². The Morgan fingerprint density at radius 3 is 3.08 bits per heavy atom. The van der Waals surface area contributed by atoms with E-state index in [1.807, 2.05) is 12.1 Å². The van der Waals surface area contributed by atoms with Crippen molar-refractivity contribution in [3.63, 3.8) is 0 Å². The van der Waals surface area contributed by atoms with Crippen LogP contribution in [0.3, 0.4) is 0 Å². The first kappa shape index (κ1) is 16.6. The minimum absolute atomic E-state index is 0.138. The Balaban J connectivity index is 1.63. The highest BCUT2D eigenvalue weighted by Gasteiger charge is 2.24. The molecule has 6 nitrogen and oxygen atoms in total. The Kier molecular flexibility index (Phi) is 5.22. The Labute approximate surface area is 143 Å². The number of carbonyl (C=O) groups excluding carboxylic acids is 2. The van der Waals surface area contributed by atoms with E-state index in [1.165, 1.54) is 18.4 Å². The Morgan fingerprint density at radius 1 is 1.46 bits per heavy atom. The number of aromatic nitrogens is 1. The van der Waals surface area contributed by atoms with Crippen molar-refractivity contribution in [3.8, 4) is 0 Å². The summed E-state index contributed by atoms with van der Waals surface area (Å²) in [5, 5.41) is 3.36. The molecule has 2 aromatic rings. The van der Waals surface area contributed by atoms with Crippen molar-refractivity contribution >= 4 is 28.3 Å². The number of carbonyl (C=O) groups is 2. The largest absolute Gasteiger partial charge is 0.465 e. The molecule has 1 fully saturated rings. The SMILES string of the molecule is COC(=O)c1cccc(Cc2cnc(NC(=O)C3CCCO3)s2)c1. The molecular weight excluding hydrogens is 328 g/mol. The van der Waals surface area contributed by atoms with Crippen LogP contribution in [-0.4, -0.2) is 36.7 Å². The smallest absolute Gasteiger partial charge is 0.337 e. The van der Waals surface area contributed by atoms with E-state index in [1.54, 1.807) is 18.3 Å². The lowest BCUT2D eigenvalue weighted by Gasteiger charge is -2.07. The molecule has 1 saturated heterocycles. The Morgan fingerprint density at radius 2 is 2.33 bits per heavy atom. The fourth-order valence-electron chi connectivity index (χ4n) is 2.54. The molecule has 1 aromatic heterocycles. The van der Waals surface area contributed by atoms with Gasteiger partial charge in [-0.05, 0) is 30.5 Å². The van der Waals surface area contributed by atoms with Gasteiger partial charge >= 0.3 is 5.97 Å². The monoisotopic (exact) mass is 346 g/mol. The second-order valence-corrected chi connectivity index (χ2v) is 6.61. The van der Waals surface area contributed by atoms with Crippen LogP contribution in [0.4, 0.5) is 5.13 Å². The molecule has 1 aliphatic rings. The maximum Gasteiger partial charge on any atom is 0.337 e. The molecule has 126 valence electrons. The van der Waals surface area contributed by atoms with Crippen LogP contribution in [0.15, 0.2) is 30.5 Å². The van der Waals surface area contributed by atoms with Gasteiger partial charge in [-0.1, -0.05) is 12.1 Å². The first-order chi connectivity index (χ1) is 11.7. The molecule has 1 unspecified atom stereocenters. The number of nitrogens with zero attached hydrogens (tertiary/aromatic N) is 1. The highest BCUT2D eigenvalue weighted by Crippen LogP contribution is 2.23. The van der Waals surface area contributed by atoms with Crippen LogP contribution in [0.2, 0.25) is 0 Å². The highest BCUT2D eigenvalue weighted by molar-refractivity contribution is 7.15. The quantitative estimate of drug-likeness (QED) is 0.842. The van der Waals surface area contributed by atoms with Crippen LogP contribution in [0.5, 0.6) is 0 Å². The summed E-state index contributed by atoms with van der Waals surface area (Å²) in [6, 6.07) is 7.28. The van der Waals surface area contributed by atoms with Gasteiger partial charge in [0, 0.05) is 24.1 Å². The van der Waals surface area contributed by atoms with Crippen LogP contribution < -0.4 is 5.32 Å². The van der Waals surface area contributed by atoms with E-state index in [0.717, 1.165) is 23.3 Å². The van der Waals surface area contributed by atoms with Crippen molar-refractivity contribution in [1.29, 1.82) is 0 Å². The summed E-state index contributed by atoms with van der Waals surface area (Å²) in [5.41, 5.74) is 1.50. The van der Waals surface area contributed by atoms with E-state index in [9.17, 15) is 9.59 Å². The number of anilines is 1. The van der Waals surface area contributed by atoms with Crippen LogP contribution in [0, 0.1) is 0 Å². The zero-order chi connectivity index (χ0) is 16.9. The van der Waals surface area contributed by atoms with Crippen molar-refractivity contribution in [2.45, 2.75) is 25.4 Å². The summed E-state index contributed by atoms with van der Waals surface area (Å²) < 4.78 is 10.1. The fraction of sp³-hybridized carbons (Fsp3) is 0.353. The lowest BCUT2D eigenvalue weighted by atomic mass is 10.1. The van der Waals surface area contributed by atoms with Crippen molar-refractivity contribution in [1.82, 2.24) is 4.98 Å². The fourth-order valence-corrected chi connectivity index (χ4v) is 3.39. The third-order valence-corrected chi connectivity index (χ3v) is 4.65. The zero-order valence-electron chi connectivity index (χ0n) is 13.3. The number of thiazole rings is 1. The van der Waals surface area contributed by atoms with Gasteiger partial charge in [-0.15, -0.1) is 11.3 Å². The van der Waals surface area contributed by atoms with Crippen LogP contribution in [-0.2, 0) is 20.7 Å². The maximum absolute atomic E-state index is 12.0. The number of hydrogen-bond acceptors (Lipinski definition) is 6. The minimum atomic E-state index is -0.367. The van der Waals surface area contributed by atoms with Crippen LogP contribution in [0.25, 0.3) is 0 Å². The molecule has 0 saturated carbocycles. The van der Waals surface area contributed by atoms with Gasteiger partial charge in [0.25, 0.3) is 5.91 Å². The summed E-state index contributed by atoms with van der Waals surface area (Å²) in [5.74, 6) is -0.494. The van der Waals surface area contributed by atoms with E-state index in [-0.39, 0.29) is 18.0 Å². The van der Waals surface area contributed by atoms with Crippen LogP contribution in [0.1, 0.15) is 33.6 Å². The molecule has 0 bridgehead atoms. The summed E-state index contributed by atoms with van der Waals surface area (Å²) in [6.07, 6.45) is 3.68. The number of amides is 1. The standard InChI is InChI=1S/C17H18N2O4S/c1-22-16(21)12-5-2-4-11(8-12)9-13-10-18-17(24-13)19-15(20)14-6-3-7-23-14/h2,4-5,8,10,14H,3,6-7,9H2,1H3,(H,18,19,20). The molecule has 1 atom stereocenters. The Hall–Kier alpha value is -2.25. The number of esters is 1. The predicted molar refractivity (Wildman–Crippen MR) is 90.3 cm³/mol. The lowest BCUT2D eigenvalue weighted by molar-refractivity contribution is -0.124. The maximum atomic E-state index is 12.0. The number of nitrogens with one attached hydrogen (secondary N) is 1. The van der Waals surface area contributed by atoms with Gasteiger partial charge < -0.3 is 9.47 Å². The molecule has 1 aliphatic heterocycles. The molecule has 1 N–H and O–H groups in total. The average molecular weight is 346 g/mol. The van der Waals surface area contributed by atoms with E-state index in [2.05, 4.69) is 10.3 Å². The van der Waals surface area contributed by atoms with E-state index in [4.69, 9.17) is 9.47 Å². The molecule has 0 spiro atoms. The number of benzene rings is 1. The second kappa shape index (κ2) is 7.55. The normalized spacial score (nSPS) is 16.8. The van der Waals surface area contributed by atoms with Crippen molar-refractivity contribution < 1.29 is 19.1 Å². The van der Waals surface area contributed by atoms with Crippen molar-refractivity contribution in [2.75, 3.05) is 19.0 Å². The van der Waals surface area contributed by atoms with Gasteiger partial charge in [0.05, 0.1) is 12.7 Å². The lowest BCUT2D eigenvalue weighted by Crippen LogP contribution is -2.26. The third kappa shape index (κ3) is 3.98. The first-order valence-electron chi connectivity index (χ1n) is 7.70. The molecular formula is C17H18N2O4S. The van der Waals surface area contributed by atoms with Gasteiger partial charge in [0.15, 0.2) is 5.13 Å². The minimum Gasteiger partial charge on any atom is -0.465 e. The second-order valence-electron chi connectivity index (χ2n) is 5.49. The third-order valence-electron chi connectivity index (χ3n) is 3.73. The van der Waals surface area contributed by atoms with Gasteiger partial charge in [-0.3, -0.25) is 10.1 Å². The number of hydrogen-bond donors (Lipinski definition) is 1. The predicted octanol–water partition coefficient (Wildman–Crippen LogP) is 2.64.